The molecule has 0 unspecified atom stereocenters. The van der Waals surface area contributed by atoms with Crippen LogP contribution in [0.15, 0.2) is 41.0 Å². The van der Waals surface area contributed by atoms with Crippen LogP contribution in [-0.2, 0) is 0 Å². The summed E-state index contributed by atoms with van der Waals surface area (Å²) in [5, 5.41) is 2.69. The standard InChI is InChI=1S/C19H18F3N5O4/c1-29-17-15(23-14-5-10-30-16(14)25-17)24-18(28)27-8-6-26(7-9-27)12-3-2-4-13(11-12)31-19(20,21)22/h2-5,10-11H,6-9H2,1H3,(H,23,24,28). The van der Waals surface area contributed by atoms with Gasteiger partial charge in [-0.15, -0.1) is 13.2 Å². The highest BCUT2D eigenvalue weighted by Crippen LogP contribution is 2.28. The van der Waals surface area contributed by atoms with Crippen LogP contribution < -0.4 is 19.7 Å². The van der Waals surface area contributed by atoms with Crippen LogP contribution in [0.25, 0.3) is 11.2 Å². The second-order valence-corrected chi connectivity index (χ2v) is 6.64. The van der Waals surface area contributed by atoms with Crippen molar-refractivity contribution in [1.82, 2.24) is 14.9 Å². The first-order valence-electron chi connectivity index (χ1n) is 9.28. The second-order valence-electron chi connectivity index (χ2n) is 6.64. The van der Waals surface area contributed by atoms with Crippen LogP contribution >= 0.6 is 0 Å². The molecule has 0 atom stereocenters. The fourth-order valence-corrected chi connectivity index (χ4v) is 3.23. The first-order chi connectivity index (χ1) is 14.8. The summed E-state index contributed by atoms with van der Waals surface area (Å²) in [5.74, 6) is 0.00206. The number of fused-ring (bicyclic) bond motifs is 1. The number of aromatic nitrogens is 2. The number of methoxy groups -OCH3 is 1. The number of rotatable bonds is 4. The number of anilines is 2. The minimum absolute atomic E-state index is 0.121. The summed E-state index contributed by atoms with van der Waals surface area (Å²) in [6.45, 7) is 1.60. The van der Waals surface area contributed by atoms with Gasteiger partial charge in [0.1, 0.15) is 11.3 Å². The Hall–Kier alpha value is -3.70. The topological polar surface area (TPSA) is 93.0 Å². The van der Waals surface area contributed by atoms with E-state index < -0.39 is 6.36 Å². The highest BCUT2D eigenvalue weighted by atomic mass is 19.4. The van der Waals surface area contributed by atoms with E-state index in [0.29, 0.717) is 43.1 Å². The third kappa shape index (κ3) is 4.73. The SMILES string of the molecule is COc1nc2occc2nc1NC(=O)N1CCN(c2cccc(OC(F)(F)F)c2)CC1. The fraction of sp³-hybridized carbons (Fsp3) is 0.316. The van der Waals surface area contributed by atoms with Crippen LogP contribution in [0.4, 0.5) is 29.5 Å². The van der Waals surface area contributed by atoms with E-state index in [1.165, 1.54) is 31.6 Å². The number of nitrogens with zero attached hydrogens (tertiary/aromatic N) is 4. The van der Waals surface area contributed by atoms with Crippen molar-refractivity contribution in [3.05, 3.63) is 36.6 Å². The number of carbonyl (C=O) groups excluding carboxylic acids is 1. The molecule has 0 spiro atoms. The van der Waals surface area contributed by atoms with Crippen LogP contribution in [0.5, 0.6) is 11.6 Å². The minimum atomic E-state index is -4.75. The van der Waals surface area contributed by atoms with Crippen LogP contribution in [-0.4, -0.2) is 60.6 Å². The molecular weight excluding hydrogens is 419 g/mol. The number of halogens is 3. The predicted molar refractivity (Wildman–Crippen MR) is 104 cm³/mol. The van der Waals surface area contributed by atoms with Crippen molar-refractivity contribution in [2.75, 3.05) is 43.5 Å². The summed E-state index contributed by atoms with van der Waals surface area (Å²) >= 11 is 0. The number of nitrogens with one attached hydrogen (secondary N) is 1. The van der Waals surface area contributed by atoms with Gasteiger partial charge in [0.15, 0.2) is 5.82 Å². The molecule has 31 heavy (non-hydrogen) atoms. The largest absolute Gasteiger partial charge is 0.573 e. The highest BCUT2D eigenvalue weighted by molar-refractivity contribution is 5.90. The van der Waals surface area contributed by atoms with E-state index in [-0.39, 0.29) is 23.5 Å². The van der Waals surface area contributed by atoms with E-state index in [0.717, 1.165) is 0 Å². The molecule has 1 N–H and O–H groups in total. The molecule has 2 amide bonds. The van der Waals surface area contributed by atoms with Gasteiger partial charge >= 0.3 is 12.4 Å². The number of urea groups is 1. The number of carbonyl (C=O) groups is 1. The van der Waals surface area contributed by atoms with Gasteiger partial charge in [0.2, 0.25) is 5.71 Å². The maximum atomic E-state index is 12.7. The molecular formula is C19H18F3N5O4. The van der Waals surface area contributed by atoms with E-state index in [2.05, 4.69) is 20.0 Å². The Morgan fingerprint density at radius 3 is 2.65 bits per heavy atom. The highest BCUT2D eigenvalue weighted by Gasteiger charge is 2.31. The maximum absolute atomic E-state index is 12.7. The van der Waals surface area contributed by atoms with Gasteiger partial charge in [0, 0.05) is 44.0 Å². The van der Waals surface area contributed by atoms with E-state index >= 15 is 0 Å². The summed E-state index contributed by atoms with van der Waals surface area (Å²) in [6, 6.07) is 6.98. The Morgan fingerprint density at radius 2 is 1.94 bits per heavy atom. The number of hydrogen-bond acceptors (Lipinski definition) is 7. The van der Waals surface area contributed by atoms with Gasteiger partial charge in [0.25, 0.3) is 5.88 Å². The van der Waals surface area contributed by atoms with Crippen molar-refractivity contribution >= 4 is 28.8 Å². The third-order valence-corrected chi connectivity index (χ3v) is 4.66. The summed E-state index contributed by atoms with van der Waals surface area (Å²) in [6.07, 6.45) is -3.32. The average Bonchev–Trinajstić information content (AvgIpc) is 3.19. The van der Waals surface area contributed by atoms with Crippen molar-refractivity contribution in [3.8, 4) is 11.6 Å². The number of amides is 2. The van der Waals surface area contributed by atoms with Crippen LogP contribution in [0.2, 0.25) is 0 Å². The number of benzene rings is 1. The molecule has 12 heteroatoms. The summed E-state index contributed by atoms with van der Waals surface area (Å²) in [7, 11) is 1.41. The maximum Gasteiger partial charge on any atom is 0.573 e. The number of hydrogen-bond donors (Lipinski definition) is 1. The van der Waals surface area contributed by atoms with E-state index in [4.69, 9.17) is 9.15 Å². The first kappa shape index (κ1) is 20.6. The monoisotopic (exact) mass is 437 g/mol. The van der Waals surface area contributed by atoms with Crippen LogP contribution in [0.3, 0.4) is 0 Å². The molecule has 9 nitrogen and oxygen atoms in total. The van der Waals surface area contributed by atoms with E-state index in [9.17, 15) is 18.0 Å². The molecule has 3 aromatic rings. The summed E-state index contributed by atoms with van der Waals surface area (Å²) in [5.41, 5.74) is 1.35. The number of piperazine rings is 1. The Kier molecular flexibility index (Phi) is 5.44. The van der Waals surface area contributed by atoms with Crippen LogP contribution in [0.1, 0.15) is 0 Å². The molecule has 2 aromatic heterocycles. The Bertz CT molecular complexity index is 1080. The third-order valence-electron chi connectivity index (χ3n) is 4.66. The van der Waals surface area contributed by atoms with E-state index in [1.54, 1.807) is 17.0 Å². The van der Waals surface area contributed by atoms with Gasteiger partial charge in [-0.25, -0.2) is 9.78 Å². The number of ether oxygens (including phenoxy) is 2. The predicted octanol–water partition coefficient (Wildman–Crippen LogP) is 3.48. The fourth-order valence-electron chi connectivity index (χ4n) is 3.23. The molecule has 3 heterocycles. The molecule has 164 valence electrons. The quantitative estimate of drug-likeness (QED) is 0.668. The van der Waals surface area contributed by atoms with Gasteiger partial charge < -0.3 is 23.7 Å². The lowest BCUT2D eigenvalue weighted by molar-refractivity contribution is -0.274. The molecule has 4 rings (SSSR count). The zero-order valence-corrected chi connectivity index (χ0v) is 16.3. The molecule has 0 aliphatic carbocycles. The Labute approximate surface area is 174 Å². The van der Waals surface area contributed by atoms with Crippen molar-refractivity contribution in [2.24, 2.45) is 0 Å². The van der Waals surface area contributed by atoms with Gasteiger partial charge in [0.05, 0.1) is 13.4 Å². The zero-order chi connectivity index (χ0) is 22.0. The van der Waals surface area contributed by atoms with Crippen molar-refractivity contribution in [3.63, 3.8) is 0 Å². The smallest absolute Gasteiger partial charge is 0.478 e. The Morgan fingerprint density at radius 1 is 1.16 bits per heavy atom. The lowest BCUT2D eigenvalue weighted by Gasteiger charge is -2.36. The average molecular weight is 437 g/mol. The summed E-state index contributed by atoms with van der Waals surface area (Å²) in [4.78, 5) is 24.6. The minimum Gasteiger partial charge on any atom is -0.478 e. The van der Waals surface area contributed by atoms with Crippen LogP contribution in [0, 0.1) is 0 Å². The van der Waals surface area contributed by atoms with Gasteiger partial charge in [-0.1, -0.05) is 6.07 Å². The first-order valence-corrected chi connectivity index (χ1v) is 9.28. The Balaban J connectivity index is 1.39. The molecule has 0 radical (unpaired) electrons. The molecule has 1 aliphatic heterocycles. The van der Waals surface area contributed by atoms with Gasteiger partial charge in [-0.2, -0.15) is 4.98 Å². The molecule has 1 fully saturated rings. The number of furan rings is 1. The molecule has 1 aliphatic rings. The van der Waals surface area contributed by atoms with Crippen molar-refractivity contribution < 1.29 is 31.9 Å². The zero-order valence-electron chi connectivity index (χ0n) is 16.3. The lowest BCUT2D eigenvalue weighted by Crippen LogP contribution is -2.50. The lowest BCUT2D eigenvalue weighted by atomic mass is 10.2. The second kappa shape index (κ2) is 8.20. The number of alkyl halides is 3. The molecule has 0 saturated carbocycles. The van der Waals surface area contributed by atoms with E-state index in [1.807, 2.05) is 4.90 Å². The van der Waals surface area contributed by atoms with Crippen molar-refractivity contribution in [2.45, 2.75) is 6.36 Å². The molecule has 0 bridgehead atoms. The molecule has 1 aromatic carbocycles. The normalized spacial score (nSPS) is 14.6. The molecule has 1 saturated heterocycles. The van der Waals surface area contributed by atoms with Gasteiger partial charge in [-0.05, 0) is 12.1 Å². The van der Waals surface area contributed by atoms with Gasteiger partial charge in [-0.3, -0.25) is 5.32 Å². The summed E-state index contributed by atoms with van der Waals surface area (Å²) < 4.78 is 51.6. The van der Waals surface area contributed by atoms with Crippen molar-refractivity contribution in [1.29, 1.82) is 0 Å².